The topological polar surface area (TPSA) is 24.9 Å². The van der Waals surface area contributed by atoms with E-state index < -0.39 is 0 Å². The lowest BCUT2D eigenvalue weighted by Gasteiger charge is -2.07. The van der Waals surface area contributed by atoms with Gasteiger partial charge < -0.3 is 5.32 Å². The van der Waals surface area contributed by atoms with Crippen molar-refractivity contribution in [3.63, 3.8) is 0 Å². The standard InChI is InChI=1S/C12H13BrN2S/c1-8-3-10(13)5-11(4-8)14-6-12-9(2)15-7-16-12/h3-5,7,14H,6H2,1-2H3. The number of nitrogens with one attached hydrogen (secondary N) is 1. The largest absolute Gasteiger partial charge is 0.380 e. The van der Waals surface area contributed by atoms with Crippen molar-refractivity contribution in [2.24, 2.45) is 0 Å². The quantitative estimate of drug-likeness (QED) is 0.921. The van der Waals surface area contributed by atoms with Gasteiger partial charge in [0.2, 0.25) is 0 Å². The van der Waals surface area contributed by atoms with Crippen molar-refractivity contribution in [3.8, 4) is 0 Å². The number of aromatic nitrogens is 1. The van der Waals surface area contributed by atoms with E-state index in [0.717, 1.165) is 22.4 Å². The van der Waals surface area contributed by atoms with E-state index in [9.17, 15) is 0 Å². The number of anilines is 1. The monoisotopic (exact) mass is 296 g/mol. The molecular formula is C12H13BrN2S. The fraction of sp³-hybridized carbons (Fsp3) is 0.250. The van der Waals surface area contributed by atoms with E-state index in [0.29, 0.717) is 0 Å². The smallest absolute Gasteiger partial charge is 0.0798 e. The van der Waals surface area contributed by atoms with Gasteiger partial charge in [0.05, 0.1) is 17.7 Å². The van der Waals surface area contributed by atoms with Gasteiger partial charge in [0.15, 0.2) is 0 Å². The number of halogens is 1. The maximum Gasteiger partial charge on any atom is 0.0798 e. The molecule has 0 spiro atoms. The van der Waals surface area contributed by atoms with Crippen molar-refractivity contribution in [3.05, 3.63) is 44.3 Å². The molecule has 0 saturated heterocycles. The molecule has 0 saturated carbocycles. The van der Waals surface area contributed by atoms with Crippen LogP contribution in [0.1, 0.15) is 16.1 Å². The zero-order valence-corrected chi connectivity index (χ0v) is 11.7. The second-order valence-electron chi connectivity index (χ2n) is 3.73. The molecule has 1 aromatic heterocycles. The van der Waals surface area contributed by atoms with E-state index in [1.807, 2.05) is 12.4 Å². The summed E-state index contributed by atoms with van der Waals surface area (Å²) in [6.45, 7) is 4.97. The molecule has 4 heteroatoms. The Morgan fingerprint density at radius 3 is 2.75 bits per heavy atom. The van der Waals surface area contributed by atoms with Gasteiger partial charge in [-0.3, -0.25) is 0 Å². The zero-order chi connectivity index (χ0) is 11.5. The molecule has 0 radical (unpaired) electrons. The molecule has 0 aliphatic carbocycles. The molecule has 2 nitrogen and oxygen atoms in total. The Labute approximate surface area is 108 Å². The first kappa shape index (κ1) is 11.6. The van der Waals surface area contributed by atoms with Gasteiger partial charge in [-0.05, 0) is 37.6 Å². The van der Waals surface area contributed by atoms with Gasteiger partial charge in [0, 0.05) is 15.0 Å². The van der Waals surface area contributed by atoms with Crippen LogP contribution in [0.2, 0.25) is 0 Å². The van der Waals surface area contributed by atoms with Gasteiger partial charge in [0.25, 0.3) is 0 Å². The Balaban J connectivity index is 2.07. The van der Waals surface area contributed by atoms with Crippen LogP contribution in [0.4, 0.5) is 5.69 Å². The molecule has 0 unspecified atom stereocenters. The molecular weight excluding hydrogens is 284 g/mol. The third-order valence-electron chi connectivity index (χ3n) is 2.34. The highest BCUT2D eigenvalue weighted by molar-refractivity contribution is 9.10. The second kappa shape index (κ2) is 4.97. The first-order valence-electron chi connectivity index (χ1n) is 5.05. The van der Waals surface area contributed by atoms with Gasteiger partial charge >= 0.3 is 0 Å². The molecule has 0 fully saturated rings. The van der Waals surface area contributed by atoms with Crippen LogP contribution in [0.25, 0.3) is 0 Å². The van der Waals surface area contributed by atoms with Crippen molar-refractivity contribution in [2.45, 2.75) is 20.4 Å². The average molecular weight is 297 g/mol. The van der Waals surface area contributed by atoms with E-state index in [2.05, 4.69) is 51.4 Å². The van der Waals surface area contributed by atoms with E-state index in [1.54, 1.807) is 11.3 Å². The molecule has 0 aliphatic heterocycles. The minimum atomic E-state index is 0.840. The summed E-state index contributed by atoms with van der Waals surface area (Å²) in [6.07, 6.45) is 0. The normalized spacial score (nSPS) is 10.4. The third-order valence-corrected chi connectivity index (χ3v) is 3.73. The zero-order valence-electron chi connectivity index (χ0n) is 9.25. The number of thiazole rings is 1. The summed E-state index contributed by atoms with van der Waals surface area (Å²) < 4.78 is 1.11. The van der Waals surface area contributed by atoms with Crippen molar-refractivity contribution in [1.29, 1.82) is 0 Å². The van der Waals surface area contributed by atoms with Crippen LogP contribution in [-0.2, 0) is 6.54 Å². The van der Waals surface area contributed by atoms with Crippen LogP contribution in [-0.4, -0.2) is 4.98 Å². The Hall–Kier alpha value is -0.870. The molecule has 0 atom stereocenters. The number of aryl methyl sites for hydroxylation is 2. The first-order chi connectivity index (χ1) is 7.65. The number of nitrogens with zero attached hydrogens (tertiary/aromatic N) is 1. The maximum atomic E-state index is 4.23. The Bertz CT molecular complexity index is 473. The van der Waals surface area contributed by atoms with Gasteiger partial charge in [-0.2, -0.15) is 0 Å². The summed E-state index contributed by atoms with van der Waals surface area (Å²) in [6, 6.07) is 6.33. The number of hydrogen-bond acceptors (Lipinski definition) is 3. The summed E-state index contributed by atoms with van der Waals surface area (Å²) in [5.74, 6) is 0. The average Bonchev–Trinajstić information content (AvgIpc) is 2.59. The summed E-state index contributed by atoms with van der Waals surface area (Å²) >= 11 is 5.19. The fourth-order valence-electron chi connectivity index (χ4n) is 1.52. The van der Waals surface area contributed by atoms with Crippen LogP contribution in [0.3, 0.4) is 0 Å². The summed E-state index contributed by atoms with van der Waals surface area (Å²) in [5.41, 5.74) is 5.39. The predicted molar refractivity (Wildman–Crippen MR) is 73.1 cm³/mol. The van der Waals surface area contributed by atoms with Crippen molar-refractivity contribution < 1.29 is 0 Å². The second-order valence-corrected chi connectivity index (χ2v) is 5.59. The van der Waals surface area contributed by atoms with Crippen LogP contribution >= 0.6 is 27.3 Å². The molecule has 0 bridgehead atoms. The van der Waals surface area contributed by atoms with Crippen LogP contribution < -0.4 is 5.32 Å². The molecule has 84 valence electrons. The number of hydrogen-bond donors (Lipinski definition) is 1. The molecule has 0 amide bonds. The highest BCUT2D eigenvalue weighted by atomic mass is 79.9. The fourth-order valence-corrected chi connectivity index (χ4v) is 2.84. The SMILES string of the molecule is Cc1cc(Br)cc(NCc2scnc2C)c1. The molecule has 2 rings (SSSR count). The molecule has 16 heavy (non-hydrogen) atoms. The van der Waals surface area contributed by atoms with Crippen LogP contribution in [0, 0.1) is 13.8 Å². The molecule has 2 aromatic rings. The van der Waals surface area contributed by atoms with Crippen molar-refractivity contribution in [2.75, 3.05) is 5.32 Å². The molecule has 1 heterocycles. The number of benzene rings is 1. The van der Waals surface area contributed by atoms with E-state index >= 15 is 0 Å². The Morgan fingerprint density at radius 2 is 2.12 bits per heavy atom. The van der Waals surface area contributed by atoms with E-state index in [-0.39, 0.29) is 0 Å². The summed E-state index contributed by atoms with van der Waals surface area (Å²) in [5, 5.41) is 3.41. The summed E-state index contributed by atoms with van der Waals surface area (Å²) in [4.78, 5) is 5.52. The molecule has 1 N–H and O–H groups in total. The van der Waals surface area contributed by atoms with Gasteiger partial charge in [-0.25, -0.2) is 4.98 Å². The predicted octanol–water partition coefficient (Wildman–Crippen LogP) is 4.13. The third kappa shape index (κ3) is 2.83. The minimum Gasteiger partial charge on any atom is -0.380 e. The highest BCUT2D eigenvalue weighted by Crippen LogP contribution is 2.20. The summed E-state index contributed by atoms with van der Waals surface area (Å²) in [7, 11) is 0. The maximum absolute atomic E-state index is 4.23. The lowest BCUT2D eigenvalue weighted by molar-refractivity contribution is 1.12. The minimum absolute atomic E-state index is 0.840. The lowest BCUT2D eigenvalue weighted by Crippen LogP contribution is -1.99. The number of rotatable bonds is 3. The van der Waals surface area contributed by atoms with Crippen LogP contribution in [0.15, 0.2) is 28.2 Å². The Morgan fingerprint density at radius 1 is 1.31 bits per heavy atom. The lowest BCUT2D eigenvalue weighted by atomic mass is 10.2. The van der Waals surface area contributed by atoms with Crippen molar-refractivity contribution >= 4 is 33.0 Å². The first-order valence-corrected chi connectivity index (χ1v) is 6.72. The van der Waals surface area contributed by atoms with Gasteiger partial charge in [-0.15, -0.1) is 11.3 Å². The van der Waals surface area contributed by atoms with Gasteiger partial charge in [0.1, 0.15) is 0 Å². The Kier molecular flexibility index (Phi) is 3.61. The highest BCUT2D eigenvalue weighted by Gasteiger charge is 2.01. The molecule has 0 aliphatic rings. The molecule has 1 aromatic carbocycles. The van der Waals surface area contributed by atoms with Gasteiger partial charge in [-0.1, -0.05) is 15.9 Å². The van der Waals surface area contributed by atoms with E-state index in [4.69, 9.17) is 0 Å². The van der Waals surface area contributed by atoms with Crippen molar-refractivity contribution in [1.82, 2.24) is 4.98 Å². The van der Waals surface area contributed by atoms with Crippen LogP contribution in [0.5, 0.6) is 0 Å². The van der Waals surface area contributed by atoms with E-state index in [1.165, 1.54) is 10.4 Å².